The minimum absolute atomic E-state index is 0.0105. The van der Waals surface area contributed by atoms with Gasteiger partial charge in [0, 0.05) is 35.9 Å². The molecule has 1 atom stereocenters. The summed E-state index contributed by atoms with van der Waals surface area (Å²) in [5.74, 6) is 0.328. The van der Waals surface area contributed by atoms with Crippen LogP contribution < -0.4 is 11.1 Å². The van der Waals surface area contributed by atoms with E-state index in [0.717, 1.165) is 30.5 Å². The Morgan fingerprint density at radius 3 is 2.44 bits per heavy atom. The molecule has 0 spiro atoms. The molecule has 0 unspecified atom stereocenters. The number of benzene rings is 2. The highest BCUT2D eigenvalue weighted by Gasteiger charge is 2.30. The first kappa shape index (κ1) is 23.7. The van der Waals surface area contributed by atoms with Gasteiger partial charge in [-0.05, 0) is 61.4 Å². The van der Waals surface area contributed by atoms with E-state index in [9.17, 15) is 18.0 Å². The number of piperidine rings is 1. The fraction of sp³-hybridized carbons (Fsp3) is 0.231. The van der Waals surface area contributed by atoms with Gasteiger partial charge in [-0.1, -0.05) is 12.1 Å². The normalized spacial score (nSPS) is 16.2. The molecule has 0 saturated carbocycles. The van der Waals surface area contributed by atoms with Crippen LogP contribution in [0.4, 0.5) is 24.7 Å². The predicted octanol–water partition coefficient (Wildman–Crippen LogP) is 5.02. The first-order valence-electron chi connectivity index (χ1n) is 11.5. The van der Waals surface area contributed by atoms with Gasteiger partial charge in [-0.25, -0.2) is 15.0 Å². The van der Waals surface area contributed by atoms with Crippen molar-refractivity contribution in [2.75, 3.05) is 18.4 Å². The number of nitrogens with zero attached hydrogens (tertiary/aromatic N) is 4. The van der Waals surface area contributed by atoms with Crippen LogP contribution in [0.2, 0.25) is 0 Å². The average Bonchev–Trinajstić information content (AvgIpc) is 2.88. The lowest BCUT2D eigenvalue weighted by atomic mass is 10.0. The lowest BCUT2D eigenvalue weighted by molar-refractivity contribution is -0.137. The molecule has 10 heteroatoms. The number of alkyl halides is 3. The molecule has 2 aromatic carbocycles. The molecule has 1 fully saturated rings. The Balaban J connectivity index is 1.39. The number of pyridine rings is 1. The summed E-state index contributed by atoms with van der Waals surface area (Å²) in [5, 5.41) is 3.03. The van der Waals surface area contributed by atoms with Crippen molar-refractivity contribution in [3.05, 3.63) is 78.1 Å². The molecule has 7 nitrogen and oxygen atoms in total. The summed E-state index contributed by atoms with van der Waals surface area (Å²) in [5.41, 5.74) is 8.80. The summed E-state index contributed by atoms with van der Waals surface area (Å²) in [7, 11) is 0. The van der Waals surface area contributed by atoms with Crippen LogP contribution in [0.3, 0.4) is 0 Å². The summed E-state index contributed by atoms with van der Waals surface area (Å²) in [6, 6.07) is 15.5. The van der Waals surface area contributed by atoms with Gasteiger partial charge in [-0.3, -0.25) is 4.79 Å². The second-order valence-electron chi connectivity index (χ2n) is 8.72. The number of hydrogen-bond acceptors (Lipinski definition) is 6. The minimum Gasteiger partial charge on any atom is -0.338 e. The number of likely N-dealkylation sites (tertiary alicyclic amines) is 1. The van der Waals surface area contributed by atoms with Crippen LogP contribution in [-0.4, -0.2) is 44.9 Å². The van der Waals surface area contributed by atoms with Gasteiger partial charge in [0.05, 0.1) is 16.8 Å². The Morgan fingerprint density at radius 2 is 1.75 bits per heavy atom. The summed E-state index contributed by atoms with van der Waals surface area (Å²) in [4.78, 5) is 27.8. The number of halogens is 3. The van der Waals surface area contributed by atoms with E-state index < -0.39 is 11.7 Å². The molecular formula is C26H23F3N6O. The fourth-order valence-corrected chi connectivity index (χ4v) is 4.23. The van der Waals surface area contributed by atoms with Crippen LogP contribution >= 0.6 is 0 Å². The summed E-state index contributed by atoms with van der Waals surface area (Å²) < 4.78 is 38.6. The molecule has 1 aliphatic rings. The van der Waals surface area contributed by atoms with Gasteiger partial charge in [0.25, 0.3) is 5.91 Å². The van der Waals surface area contributed by atoms with Crippen molar-refractivity contribution in [1.29, 1.82) is 0 Å². The first-order valence-corrected chi connectivity index (χ1v) is 11.5. The molecule has 3 N–H and O–H groups in total. The number of amides is 1. The zero-order valence-corrected chi connectivity index (χ0v) is 19.2. The largest absolute Gasteiger partial charge is 0.416 e. The van der Waals surface area contributed by atoms with E-state index >= 15 is 0 Å². The molecule has 0 bridgehead atoms. The number of nitrogens with two attached hydrogens (primary N) is 1. The molecule has 2 aromatic heterocycles. The molecule has 184 valence electrons. The molecule has 36 heavy (non-hydrogen) atoms. The third kappa shape index (κ3) is 4.99. The first-order chi connectivity index (χ1) is 17.3. The van der Waals surface area contributed by atoms with E-state index in [-0.39, 0.29) is 11.9 Å². The van der Waals surface area contributed by atoms with Gasteiger partial charge in [0.15, 0.2) is 5.82 Å². The molecule has 1 aliphatic heterocycles. The van der Waals surface area contributed by atoms with E-state index in [1.165, 1.54) is 18.5 Å². The third-order valence-electron chi connectivity index (χ3n) is 6.13. The number of nitrogens with one attached hydrogen (secondary N) is 1. The van der Waals surface area contributed by atoms with Crippen molar-refractivity contribution in [3.8, 4) is 11.3 Å². The Bertz CT molecular complexity index is 1390. The molecule has 0 radical (unpaired) electrons. The molecule has 1 amide bonds. The maximum Gasteiger partial charge on any atom is 0.416 e. The average molecular weight is 493 g/mol. The van der Waals surface area contributed by atoms with Crippen LogP contribution in [0.1, 0.15) is 28.8 Å². The van der Waals surface area contributed by atoms with Crippen LogP contribution in [0.15, 0.2) is 67.0 Å². The van der Waals surface area contributed by atoms with Gasteiger partial charge >= 0.3 is 6.18 Å². The van der Waals surface area contributed by atoms with Gasteiger partial charge in [0.1, 0.15) is 11.8 Å². The van der Waals surface area contributed by atoms with Crippen LogP contribution in [0, 0.1) is 0 Å². The quantitative estimate of drug-likeness (QED) is 0.415. The molecule has 1 saturated heterocycles. The van der Waals surface area contributed by atoms with E-state index in [2.05, 4.69) is 15.3 Å². The predicted molar refractivity (Wildman–Crippen MR) is 131 cm³/mol. The third-order valence-corrected chi connectivity index (χ3v) is 6.13. The van der Waals surface area contributed by atoms with E-state index in [1.807, 2.05) is 18.2 Å². The number of carbonyl (C=O) groups is 1. The van der Waals surface area contributed by atoms with Crippen LogP contribution in [0.25, 0.3) is 22.3 Å². The van der Waals surface area contributed by atoms with Gasteiger partial charge < -0.3 is 16.0 Å². The Labute approximate surface area is 205 Å². The Morgan fingerprint density at radius 1 is 1.00 bits per heavy atom. The molecule has 0 aliphatic carbocycles. The zero-order valence-electron chi connectivity index (χ0n) is 19.2. The number of hydrogen-bond donors (Lipinski definition) is 2. The topological polar surface area (TPSA) is 97.0 Å². The maximum atomic E-state index is 12.9. The SMILES string of the molecule is N[C@H]1CCCN(C(=O)c2ccc(-c3ccc4ncnc(Nc5ccc(C(F)(F)F)cc5)c4n3)cc2)C1. The number of anilines is 2. The van der Waals surface area contributed by atoms with Crippen molar-refractivity contribution < 1.29 is 18.0 Å². The van der Waals surface area contributed by atoms with Crippen molar-refractivity contribution >= 4 is 28.4 Å². The highest BCUT2D eigenvalue weighted by molar-refractivity contribution is 5.95. The maximum absolute atomic E-state index is 12.9. The van der Waals surface area contributed by atoms with Crippen molar-refractivity contribution in [2.45, 2.75) is 25.1 Å². The van der Waals surface area contributed by atoms with E-state index in [1.54, 1.807) is 23.1 Å². The standard InChI is InChI=1S/C26H23F3N6O/c27-26(28,29)18-7-9-20(10-8-18)33-24-23-22(31-15-32-24)12-11-21(34-23)16-3-5-17(6-4-16)25(36)35-13-1-2-19(30)14-35/h3-12,15,19H,1-2,13-14,30H2,(H,31,32,33)/t19-/m0/s1. The van der Waals surface area contributed by atoms with Crippen molar-refractivity contribution in [3.63, 3.8) is 0 Å². The highest BCUT2D eigenvalue weighted by Crippen LogP contribution is 2.31. The summed E-state index contributed by atoms with van der Waals surface area (Å²) >= 11 is 0. The number of fused-ring (bicyclic) bond motifs is 1. The fourth-order valence-electron chi connectivity index (χ4n) is 4.23. The summed E-state index contributed by atoms with van der Waals surface area (Å²) in [6.07, 6.45) is -1.22. The smallest absolute Gasteiger partial charge is 0.338 e. The molecular weight excluding hydrogens is 469 g/mol. The number of carbonyl (C=O) groups excluding carboxylic acids is 1. The minimum atomic E-state index is -4.41. The second kappa shape index (κ2) is 9.54. The van der Waals surface area contributed by atoms with Gasteiger partial charge in [-0.15, -0.1) is 0 Å². The van der Waals surface area contributed by atoms with Crippen molar-refractivity contribution in [2.24, 2.45) is 5.73 Å². The summed E-state index contributed by atoms with van der Waals surface area (Å²) in [6.45, 7) is 1.26. The number of rotatable bonds is 4. The second-order valence-corrected chi connectivity index (χ2v) is 8.72. The lowest BCUT2D eigenvalue weighted by Crippen LogP contribution is -2.45. The zero-order chi connectivity index (χ0) is 25.3. The van der Waals surface area contributed by atoms with Crippen LogP contribution in [-0.2, 0) is 6.18 Å². The Kier molecular flexibility index (Phi) is 6.27. The van der Waals surface area contributed by atoms with Gasteiger partial charge in [0.2, 0.25) is 0 Å². The van der Waals surface area contributed by atoms with Crippen molar-refractivity contribution in [1.82, 2.24) is 19.9 Å². The molecule has 3 heterocycles. The molecule has 5 rings (SSSR count). The lowest BCUT2D eigenvalue weighted by Gasteiger charge is -2.30. The Hall–Kier alpha value is -4.05. The van der Waals surface area contributed by atoms with E-state index in [0.29, 0.717) is 46.9 Å². The van der Waals surface area contributed by atoms with E-state index in [4.69, 9.17) is 10.7 Å². The monoisotopic (exact) mass is 492 g/mol. The van der Waals surface area contributed by atoms with Crippen LogP contribution in [0.5, 0.6) is 0 Å². The molecule has 4 aromatic rings. The van der Waals surface area contributed by atoms with Gasteiger partial charge in [-0.2, -0.15) is 13.2 Å². The number of aromatic nitrogens is 3. The highest BCUT2D eigenvalue weighted by atomic mass is 19.4.